The van der Waals surface area contributed by atoms with Crippen LogP contribution >= 0.6 is 27.5 Å². The molecule has 0 aromatic carbocycles. The molecule has 0 atom stereocenters. The standard InChI is InChI=1S/C6H5BrClNO/c1-9-5(8)3-2-4(7)6(9)10/h2-3H,1H3. The van der Waals surface area contributed by atoms with Gasteiger partial charge in [0, 0.05) is 7.05 Å². The first kappa shape index (κ1) is 7.82. The second-order valence-corrected chi connectivity index (χ2v) is 3.11. The second-order valence-electron chi connectivity index (χ2n) is 1.87. The Morgan fingerprint density at radius 2 is 2.20 bits per heavy atom. The molecule has 0 N–H and O–H groups in total. The first-order chi connectivity index (χ1) is 4.63. The molecule has 0 aliphatic carbocycles. The molecule has 0 unspecified atom stereocenters. The lowest BCUT2D eigenvalue weighted by Crippen LogP contribution is -2.16. The number of hydrogen-bond acceptors (Lipinski definition) is 1. The third-order valence-electron chi connectivity index (χ3n) is 1.20. The Hall–Kier alpha value is -0.280. The lowest BCUT2D eigenvalue weighted by Gasteiger charge is -1.99. The summed E-state index contributed by atoms with van der Waals surface area (Å²) in [6, 6.07) is 3.29. The fourth-order valence-electron chi connectivity index (χ4n) is 0.582. The van der Waals surface area contributed by atoms with Crippen LogP contribution < -0.4 is 5.56 Å². The van der Waals surface area contributed by atoms with Gasteiger partial charge in [-0.2, -0.15) is 0 Å². The topological polar surface area (TPSA) is 22.0 Å². The van der Waals surface area contributed by atoms with Crippen LogP contribution in [0, 0.1) is 0 Å². The van der Waals surface area contributed by atoms with E-state index in [-0.39, 0.29) is 5.56 Å². The maximum Gasteiger partial charge on any atom is 0.265 e. The summed E-state index contributed by atoms with van der Waals surface area (Å²) in [5.74, 6) is 0. The highest BCUT2D eigenvalue weighted by molar-refractivity contribution is 9.10. The predicted octanol–water partition coefficient (Wildman–Crippen LogP) is 1.80. The molecule has 2 nitrogen and oxygen atoms in total. The van der Waals surface area contributed by atoms with E-state index < -0.39 is 0 Å². The minimum atomic E-state index is -0.118. The summed E-state index contributed by atoms with van der Waals surface area (Å²) in [6.45, 7) is 0. The van der Waals surface area contributed by atoms with E-state index in [0.717, 1.165) is 0 Å². The van der Waals surface area contributed by atoms with E-state index in [1.54, 1.807) is 19.2 Å². The van der Waals surface area contributed by atoms with E-state index in [9.17, 15) is 4.79 Å². The zero-order valence-corrected chi connectivity index (χ0v) is 7.61. The van der Waals surface area contributed by atoms with Crippen LogP contribution in [0.25, 0.3) is 0 Å². The molecule has 10 heavy (non-hydrogen) atoms. The first-order valence-corrected chi connectivity index (χ1v) is 3.81. The Bertz CT molecular complexity index is 307. The molecule has 0 aliphatic heterocycles. The van der Waals surface area contributed by atoms with Gasteiger partial charge in [-0.1, -0.05) is 11.6 Å². The van der Waals surface area contributed by atoms with Gasteiger partial charge in [-0.15, -0.1) is 0 Å². The highest BCUT2D eigenvalue weighted by Gasteiger charge is 1.98. The molecule has 0 saturated carbocycles. The lowest BCUT2D eigenvalue weighted by atomic mass is 10.5. The molecule has 1 rings (SSSR count). The molecule has 0 amide bonds. The normalized spacial score (nSPS) is 9.90. The van der Waals surface area contributed by atoms with Crippen molar-refractivity contribution in [3.63, 3.8) is 0 Å². The van der Waals surface area contributed by atoms with Gasteiger partial charge in [0.25, 0.3) is 5.56 Å². The van der Waals surface area contributed by atoms with E-state index in [0.29, 0.717) is 9.63 Å². The molecule has 1 aromatic rings. The summed E-state index contributed by atoms with van der Waals surface area (Å²) >= 11 is 8.72. The van der Waals surface area contributed by atoms with Crippen molar-refractivity contribution >= 4 is 27.5 Å². The summed E-state index contributed by atoms with van der Waals surface area (Å²) in [6.07, 6.45) is 0. The van der Waals surface area contributed by atoms with Crippen molar-refractivity contribution in [3.05, 3.63) is 32.1 Å². The van der Waals surface area contributed by atoms with Gasteiger partial charge in [0.05, 0.1) is 4.47 Å². The summed E-state index contributed by atoms with van der Waals surface area (Å²) in [7, 11) is 1.62. The molecule has 0 spiro atoms. The maximum atomic E-state index is 11.0. The van der Waals surface area contributed by atoms with Gasteiger partial charge in [-0.25, -0.2) is 0 Å². The zero-order chi connectivity index (χ0) is 7.72. The number of pyridine rings is 1. The molecule has 1 heterocycles. The molecular formula is C6H5BrClNO. The molecule has 0 aliphatic rings. The van der Waals surface area contributed by atoms with E-state index in [1.807, 2.05) is 0 Å². The van der Waals surface area contributed by atoms with Gasteiger partial charge < -0.3 is 4.57 Å². The lowest BCUT2D eigenvalue weighted by molar-refractivity contribution is 0.855. The Kier molecular flexibility index (Phi) is 2.16. The number of halogens is 2. The SMILES string of the molecule is Cn1c(Cl)ccc(Br)c1=O. The van der Waals surface area contributed by atoms with Crippen molar-refractivity contribution in [3.8, 4) is 0 Å². The van der Waals surface area contributed by atoms with Crippen LogP contribution in [0.15, 0.2) is 21.4 Å². The van der Waals surface area contributed by atoms with Crippen LogP contribution in [0.4, 0.5) is 0 Å². The fourth-order valence-corrected chi connectivity index (χ4v) is 1.12. The van der Waals surface area contributed by atoms with E-state index >= 15 is 0 Å². The Balaban J connectivity index is 3.50. The summed E-state index contributed by atoms with van der Waals surface area (Å²) in [5, 5.41) is 0.438. The minimum Gasteiger partial charge on any atom is -0.301 e. The largest absolute Gasteiger partial charge is 0.301 e. The molecule has 0 fully saturated rings. The molecule has 4 heteroatoms. The summed E-state index contributed by atoms with van der Waals surface area (Å²) in [5.41, 5.74) is -0.118. The zero-order valence-electron chi connectivity index (χ0n) is 5.27. The van der Waals surface area contributed by atoms with Gasteiger partial charge in [-0.3, -0.25) is 4.79 Å². The number of aromatic nitrogens is 1. The predicted molar refractivity (Wildman–Crippen MR) is 44.4 cm³/mol. The van der Waals surface area contributed by atoms with Crippen LogP contribution in [0.5, 0.6) is 0 Å². The average Bonchev–Trinajstić information content (AvgIpc) is 1.93. The molecule has 1 aromatic heterocycles. The monoisotopic (exact) mass is 221 g/mol. The Morgan fingerprint density at radius 1 is 1.60 bits per heavy atom. The summed E-state index contributed by atoms with van der Waals surface area (Å²) in [4.78, 5) is 11.0. The molecule has 0 radical (unpaired) electrons. The van der Waals surface area contributed by atoms with Crippen LogP contribution in [-0.4, -0.2) is 4.57 Å². The molecular weight excluding hydrogens is 217 g/mol. The van der Waals surface area contributed by atoms with Crippen molar-refractivity contribution in [1.82, 2.24) is 4.57 Å². The van der Waals surface area contributed by atoms with Crippen LogP contribution in [0.1, 0.15) is 0 Å². The average molecular weight is 222 g/mol. The maximum absolute atomic E-state index is 11.0. The van der Waals surface area contributed by atoms with Gasteiger partial charge >= 0.3 is 0 Å². The Labute approximate surface area is 71.6 Å². The van der Waals surface area contributed by atoms with Crippen LogP contribution in [0.3, 0.4) is 0 Å². The highest BCUT2D eigenvalue weighted by atomic mass is 79.9. The minimum absolute atomic E-state index is 0.118. The highest BCUT2D eigenvalue weighted by Crippen LogP contribution is 2.07. The fraction of sp³-hybridized carbons (Fsp3) is 0.167. The number of nitrogens with zero attached hydrogens (tertiary/aromatic N) is 1. The number of rotatable bonds is 0. The van der Waals surface area contributed by atoms with Crippen molar-refractivity contribution in [2.75, 3.05) is 0 Å². The Morgan fingerprint density at radius 3 is 2.70 bits per heavy atom. The van der Waals surface area contributed by atoms with E-state index in [1.165, 1.54) is 4.57 Å². The van der Waals surface area contributed by atoms with E-state index in [4.69, 9.17) is 11.6 Å². The quantitative estimate of drug-likeness (QED) is 0.614. The third-order valence-corrected chi connectivity index (χ3v) is 2.18. The van der Waals surface area contributed by atoms with Crippen molar-refractivity contribution in [2.45, 2.75) is 0 Å². The molecule has 54 valence electrons. The summed E-state index contributed by atoms with van der Waals surface area (Å²) < 4.78 is 1.89. The molecule has 0 bridgehead atoms. The van der Waals surface area contributed by atoms with Crippen molar-refractivity contribution in [2.24, 2.45) is 7.05 Å². The van der Waals surface area contributed by atoms with Gasteiger partial charge in [-0.05, 0) is 28.1 Å². The van der Waals surface area contributed by atoms with E-state index in [2.05, 4.69) is 15.9 Å². The third kappa shape index (κ3) is 1.25. The molecule has 0 saturated heterocycles. The van der Waals surface area contributed by atoms with Crippen molar-refractivity contribution in [1.29, 1.82) is 0 Å². The van der Waals surface area contributed by atoms with Gasteiger partial charge in [0.15, 0.2) is 0 Å². The smallest absolute Gasteiger partial charge is 0.265 e. The first-order valence-electron chi connectivity index (χ1n) is 2.64. The second kappa shape index (κ2) is 2.76. The van der Waals surface area contributed by atoms with Crippen LogP contribution in [0.2, 0.25) is 5.15 Å². The number of hydrogen-bond donors (Lipinski definition) is 0. The van der Waals surface area contributed by atoms with Gasteiger partial charge in [0.1, 0.15) is 5.15 Å². The van der Waals surface area contributed by atoms with Crippen molar-refractivity contribution < 1.29 is 0 Å². The van der Waals surface area contributed by atoms with Crippen LogP contribution in [-0.2, 0) is 7.05 Å². The van der Waals surface area contributed by atoms with Gasteiger partial charge in [0.2, 0.25) is 0 Å².